The zero-order valence-corrected chi connectivity index (χ0v) is 22.8. The van der Waals surface area contributed by atoms with Crippen LogP contribution in [0.25, 0.3) is 0 Å². The molecular weight excluding hydrogens is 444 g/mol. The van der Waals surface area contributed by atoms with Gasteiger partial charge in [0.2, 0.25) is 0 Å². The molecule has 1 heterocycles. The molecule has 0 saturated heterocycles. The van der Waals surface area contributed by atoms with E-state index in [0.29, 0.717) is 0 Å². The van der Waals surface area contributed by atoms with Crippen molar-refractivity contribution >= 4 is 17.0 Å². The minimum Gasteiger partial charge on any atom is -0.351 e. The zero-order valence-electron chi connectivity index (χ0n) is 21.1. The van der Waals surface area contributed by atoms with E-state index in [0.717, 1.165) is 11.8 Å². The van der Waals surface area contributed by atoms with Gasteiger partial charge in [-0.3, -0.25) is 0 Å². The first-order chi connectivity index (χ1) is 14.8. The standard InChI is InChI=1S/C25H50.C3H4N2.BrH/c1-3-4-5-6-7-8-9-10-11-12-13-14-15-16-17-18-21-25-22-19-20-24(2)23-25;1-2-5-3-4-1;/h24-25H,3-23H2,1-2H3;1-3H,(H,4,5);1H. The van der Waals surface area contributed by atoms with E-state index in [1.807, 2.05) is 0 Å². The number of unbranched alkanes of at least 4 members (excludes halogenated alkanes) is 15. The fourth-order valence-electron chi connectivity index (χ4n) is 5.02. The van der Waals surface area contributed by atoms with E-state index in [2.05, 4.69) is 23.8 Å². The molecule has 2 rings (SSSR count). The molecule has 1 aliphatic carbocycles. The summed E-state index contributed by atoms with van der Waals surface area (Å²) >= 11 is 0. The molecule has 2 atom stereocenters. The third kappa shape index (κ3) is 21.3. The smallest absolute Gasteiger partial charge is 0.0919 e. The van der Waals surface area contributed by atoms with Gasteiger partial charge < -0.3 is 4.98 Å². The van der Waals surface area contributed by atoms with Gasteiger partial charge in [0.1, 0.15) is 0 Å². The summed E-state index contributed by atoms with van der Waals surface area (Å²) < 4.78 is 0. The van der Waals surface area contributed by atoms with E-state index < -0.39 is 0 Å². The molecule has 0 aliphatic heterocycles. The highest BCUT2D eigenvalue weighted by atomic mass is 79.9. The van der Waals surface area contributed by atoms with Crippen LogP contribution in [0.2, 0.25) is 0 Å². The third-order valence-electron chi connectivity index (χ3n) is 6.92. The van der Waals surface area contributed by atoms with Gasteiger partial charge in [0.15, 0.2) is 0 Å². The first-order valence-electron chi connectivity index (χ1n) is 13.8. The van der Waals surface area contributed by atoms with E-state index in [1.54, 1.807) is 18.7 Å². The molecule has 2 unspecified atom stereocenters. The number of hydrogen-bond donors (Lipinski definition) is 1. The topological polar surface area (TPSA) is 28.7 Å². The zero-order chi connectivity index (χ0) is 21.5. The quantitative estimate of drug-likeness (QED) is 0.212. The minimum atomic E-state index is 0. The van der Waals surface area contributed by atoms with Crippen LogP contribution in [-0.4, -0.2) is 9.97 Å². The van der Waals surface area contributed by atoms with Gasteiger partial charge in [0.05, 0.1) is 6.33 Å². The summed E-state index contributed by atoms with van der Waals surface area (Å²) in [6.07, 6.45) is 36.4. The lowest BCUT2D eigenvalue weighted by atomic mass is 9.80. The Bertz CT molecular complexity index is 403. The molecule has 0 amide bonds. The number of nitrogens with one attached hydrogen (secondary N) is 1. The maximum Gasteiger partial charge on any atom is 0.0919 e. The molecule has 184 valence electrons. The highest BCUT2D eigenvalue weighted by Crippen LogP contribution is 2.32. The molecule has 1 aromatic heterocycles. The number of H-pyrrole nitrogens is 1. The summed E-state index contributed by atoms with van der Waals surface area (Å²) in [7, 11) is 0. The molecule has 1 aromatic rings. The predicted octanol–water partition coefficient (Wildman–Crippen LogP) is 10.5. The Morgan fingerprint density at radius 2 is 1.26 bits per heavy atom. The van der Waals surface area contributed by atoms with E-state index in [9.17, 15) is 0 Å². The number of imidazole rings is 1. The van der Waals surface area contributed by atoms with Gasteiger partial charge in [-0.05, 0) is 18.3 Å². The van der Waals surface area contributed by atoms with E-state index in [1.165, 1.54) is 135 Å². The summed E-state index contributed by atoms with van der Waals surface area (Å²) in [4.78, 5) is 6.42. The summed E-state index contributed by atoms with van der Waals surface area (Å²) in [6, 6.07) is 0. The Morgan fingerprint density at radius 1 is 0.742 bits per heavy atom. The summed E-state index contributed by atoms with van der Waals surface area (Å²) in [5.74, 6) is 2.09. The molecule has 1 saturated carbocycles. The Hall–Kier alpha value is -0.310. The lowest BCUT2D eigenvalue weighted by Crippen LogP contribution is -2.12. The van der Waals surface area contributed by atoms with Crippen LogP contribution in [-0.2, 0) is 0 Å². The van der Waals surface area contributed by atoms with Gasteiger partial charge in [-0.25, -0.2) is 4.98 Å². The van der Waals surface area contributed by atoms with Gasteiger partial charge in [0.25, 0.3) is 0 Å². The van der Waals surface area contributed by atoms with Crippen molar-refractivity contribution in [1.29, 1.82) is 0 Å². The normalized spacial score (nSPS) is 18.1. The fourth-order valence-corrected chi connectivity index (χ4v) is 5.02. The number of halogens is 1. The molecule has 1 fully saturated rings. The summed E-state index contributed by atoms with van der Waals surface area (Å²) in [6.45, 7) is 4.76. The van der Waals surface area contributed by atoms with E-state index in [-0.39, 0.29) is 17.0 Å². The molecule has 0 bridgehead atoms. The van der Waals surface area contributed by atoms with Crippen molar-refractivity contribution in [3.05, 3.63) is 18.7 Å². The molecule has 1 N–H and O–H groups in total. The number of hydrogen-bond acceptors (Lipinski definition) is 1. The van der Waals surface area contributed by atoms with Crippen LogP contribution in [0.3, 0.4) is 0 Å². The fraction of sp³-hybridized carbons (Fsp3) is 0.893. The molecule has 0 aromatic carbocycles. The Labute approximate surface area is 205 Å². The van der Waals surface area contributed by atoms with Crippen LogP contribution >= 0.6 is 17.0 Å². The number of aromatic amines is 1. The SMILES string of the molecule is Br.CCCCCCCCCCCCCCCCCCC1CCCC(C)C1.c1c[nH]cn1. The highest BCUT2D eigenvalue weighted by Gasteiger charge is 2.17. The average molecular weight is 500 g/mol. The van der Waals surface area contributed by atoms with Crippen LogP contribution in [0.1, 0.15) is 149 Å². The average Bonchev–Trinajstić information content (AvgIpc) is 3.34. The van der Waals surface area contributed by atoms with Gasteiger partial charge in [0, 0.05) is 12.4 Å². The maximum atomic E-state index is 3.67. The number of rotatable bonds is 17. The largest absolute Gasteiger partial charge is 0.351 e. The van der Waals surface area contributed by atoms with Crippen molar-refractivity contribution in [3.63, 3.8) is 0 Å². The first-order valence-corrected chi connectivity index (χ1v) is 13.8. The van der Waals surface area contributed by atoms with Crippen molar-refractivity contribution in [2.45, 2.75) is 149 Å². The second-order valence-corrected chi connectivity index (χ2v) is 9.99. The molecule has 2 nitrogen and oxygen atoms in total. The molecular formula is C28H55BrN2. The van der Waals surface area contributed by atoms with Crippen molar-refractivity contribution in [2.75, 3.05) is 0 Å². The number of aromatic nitrogens is 2. The van der Waals surface area contributed by atoms with Crippen LogP contribution in [0.15, 0.2) is 18.7 Å². The van der Waals surface area contributed by atoms with E-state index >= 15 is 0 Å². The molecule has 31 heavy (non-hydrogen) atoms. The van der Waals surface area contributed by atoms with E-state index in [4.69, 9.17) is 0 Å². The second-order valence-electron chi connectivity index (χ2n) is 9.99. The molecule has 3 heteroatoms. The maximum absolute atomic E-state index is 3.67. The van der Waals surface area contributed by atoms with Crippen molar-refractivity contribution in [2.24, 2.45) is 11.8 Å². The van der Waals surface area contributed by atoms with Crippen molar-refractivity contribution < 1.29 is 0 Å². The third-order valence-corrected chi connectivity index (χ3v) is 6.92. The summed E-state index contributed by atoms with van der Waals surface area (Å²) in [5, 5.41) is 0. The Kier molecular flexibility index (Phi) is 24.1. The lowest BCUT2D eigenvalue weighted by Gasteiger charge is -2.26. The van der Waals surface area contributed by atoms with Crippen LogP contribution in [0.4, 0.5) is 0 Å². The van der Waals surface area contributed by atoms with Gasteiger partial charge in [-0.15, -0.1) is 17.0 Å². The highest BCUT2D eigenvalue weighted by molar-refractivity contribution is 8.93. The minimum absolute atomic E-state index is 0. The lowest BCUT2D eigenvalue weighted by molar-refractivity contribution is 0.263. The monoisotopic (exact) mass is 498 g/mol. The first kappa shape index (κ1) is 30.7. The van der Waals surface area contributed by atoms with Gasteiger partial charge >= 0.3 is 0 Å². The van der Waals surface area contributed by atoms with Crippen LogP contribution < -0.4 is 0 Å². The Balaban J connectivity index is 0.00000131. The molecule has 1 aliphatic rings. The van der Waals surface area contributed by atoms with Gasteiger partial charge in [-0.2, -0.15) is 0 Å². The second kappa shape index (κ2) is 24.3. The van der Waals surface area contributed by atoms with Crippen LogP contribution in [0.5, 0.6) is 0 Å². The van der Waals surface area contributed by atoms with Gasteiger partial charge in [-0.1, -0.05) is 142 Å². The summed E-state index contributed by atoms with van der Waals surface area (Å²) in [5.41, 5.74) is 0. The van der Waals surface area contributed by atoms with Crippen molar-refractivity contribution in [1.82, 2.24) is 9.97 Å². The Morgan fingerprint density at radius 3 is 1.65 bits per heavy atom. The molecule has 0 spiro atoms. The predicted molar refractivity (Wildman–Crippen MR) is 144 cm³/mol. The van der Waals surface area contributed by atoms with Crippen LogP contribution in [0, 0.1) is 11.8 Å². The van der Waals surface area contributed by atoms with Crippen molar-refractivity contribution in [3.8, 4) is 0 Å². The molecule has 0 radical (unpaired) electrons. The number of nitrogens with zero attached hydrogens (tertiary/aromatic N) is 1.